The van der Waals surface area contributed by atoms with Crippen molar-refractivity contribution in [1.82, 2.24) is 4.90 Å². The zero-order valence-electron chi connectivity index (χ0n) is 7.62. The first-order chi connectivity index (χ1) is 5.75. The first-order valence-electron chi connectivity index (χ1n) is 4.72. The van der Waals surface area contributed by atoms with Crippen LogP contribution in [0, 0.1) is 0 Å². The van der Waals surface area contributed by atoms with Gasteiger partial charge in [-0.05, 0) is 25.9 Å². The van der Waals surface area contributed by atoms with Gasteiger partial charge in [0.25, 0.3) is 0 Å². The molecule has 0 saturated carbocycles. The molecule has 1 aliphatic heterocycles. The molecule has 11 heavy (non-hydrogen) atoms. The topological polar surface area (TPSA) is 40.5 Å². The highest BCUT2D eigenvalue weighted by atomic mass is 16.4. The average molecular weight is 158 g/mol. The summed E-state index contributed by atoms with van der Waals surface area (Å²) in [4.78, 5) is 12.6. The number of rotatable bonds is 2. The molecule has 0 spiro atoms. The number of likely N-dealkylation sites (N-methyl/N-ethyl adjacent to an activating group) is 1. The molecule has 1 saturated heterocycles. The zero-order chi connectivity index (χ0) is 8.97. The van der Waals surface area contributed by atoms with Crippen LogP contribution in [0.4, 0.5) is 0 Å². The first-order valence-corrected chi connectivity index (χ1v) is 4.02. The van der Waals surface area contributed by atoms with E-state index < -0.39 is 5.97 Å². The van der Waals surface area contributed by atoms with Crippen LogP contribution < -0.4 is 0 Å². The number of piperidine rings is 1. The van der Waals surface area contributed by atoms with Crippen molar-refractivity contribution in [1.29, 1.82) is 0 Å². The molecule has 1 rings (SSSR count). The first kappa shape index (κ1) is 7.10. The van der Waals surface area contributed by atoms with Crippen LogP contribution in [0.15, 0.2) is 0 Å². The predicted molar refractivity (Wildman–Crippen MR) is 42.5 cm³/mol. The summed E-state index contributed by atoms with van der Waals surface area (Å²) in [6.45, 7) is 1.73. The molecule has 0 radical (unpaired) electrons. The van der Waals surface area contributed by atoms with Gasteiger partial charge in [0.1, 0.15) is 6.04 Å². The third kappa shape index (κ3) is 1.93. The quantitative estimate of drug-likeness (QED) is 0.650. The molecule has 0 aromatic heterocycles. The highest BCUT2D eigenvalue weighted by Gasteiger charge is 2.26. The van der Waals surface area contributed by atoms with Gasteiger partial charge in [0, 0.05) is 1.37 Å². The number of likely N-dealkylation sites (tertiary alicyclic amines) is 1. The molecule has 0 aliphatic carbocycles. The molecule has 64 valence electrons. The molecule has 1 unspecified atom stereocenters. The Morgan fingerprint density at radius 3 is 3.27 bits per heavy atom. The summed E-state index contributed by atoms with van der Waals surface area (Å²) >= 11 is 0. The Balaban J connectivity index is 2.48. The Bertz CT molecular complexity index is 161. The van der Waals surface area contributed by atoms with E-state index in [1.54, 1.807) is 0 Å². The predicted octanol–water partition coefficient (Wildman–Crippen LogP) is 0.945. The van der Waals surface area contributed by atoms with Crippen LogP contribution in [0.1, 0.15) is 27.5 Å². The molecule has 1 fully saturated rings. The normalized spacial score (nSPS) is 28.0. The summed E-state index contributed by atoms with van der Waals surface area (Å²) in [5.74, 6) is -0.733. The van der Waals surface area contributed by atoms with E-state index in [0.717, 1.165) is 25.8 Å². The Morgan fingerprint density at radius 1 is 1.82 bits per heavy atom. The fourth-order valence-electron chi connectivity index (χ4n) is 1.54. The van der Waals surface area contributed by atoms with Crippen molar-refractivity contribution in [2.45, 2.75) is 32.2 Å². The number of hydrogen-bond acceptors (Lipinski definition) is 2. The van der Waals surface area contributed by atoms with E-state index in [4.69, 9.17) is 6.48 Å². The van der Waals surface area contributed by atoms with Gasteiger partial charge in [-0.3, -0.25) is 9.69 Å². The van der Waals surface area contributed by atoms with Gasteiger partial charge in [0.2, 0.25) is 0 Å². The lowest BCUT2D eigenvalue weighted by Crippen LogP contribution is -2.44. The minimum absolute atomic E-state index is 0.295. The van der Waals surface area contributed by atoms with Gasteiger partial charge in [0.15, 0.2) is 0 Å². The van der Waals surface area contributed by atoms with Crippen LogP contribution in [0.25, 0.3) is 0 Å². The van der Waals surface area contributed by atoms with E-state index in [1.807, 2.05) is 4.90 Å². The van der Waals surface area contributed by atoms with Crippen molar-refractivity contribution in [2.24, 2.45) is 0 Å². The number of nitrogens with zero attached hydrogens (tertiary/aromatic N) is 1. The molecule has 0 bridgehead atoms. The molecule has 1 aliphatic rings. The molecule has 1 N–H and O–H groups in total. The Hall–Kier alpha value is -0.570. The molecule has 0 aromatic carbocycles. The molecule has 1 atom stereocenters. The van der Waals surface area contributed by atoms with Gasteiger partial charge in [-0.1, -0.05) is 13.3 Å². The number of aliphatic carboxylic acids is 1. The van der Waals surface area contributed by atoms with Gasteiger partial charge in [0.05, 0.1) is 0 Å². The second-order valence-electron chi connectivity index (χ2n) is 2.89. The largest absolute Gasteiger partial charge is 0.480 e. The van der Waals surface area contributed by atoms with Gasteiger partial charge in [-0.25, -0.2) is 0 Å². The van der Waals surface area contributed by atoms with E-state index in [1.165, 1.54) is 0 Å². The summed E-state index contributed by atoms with van der Waals surface area (Å²) in [5.41, 5.74) is 0. The fourth-order valence-corrected chi connectivity index (χ4v) is 1.54. The van der Waals surface area contributed by atoms with Crippen molar-refractivity contribution < 1.29 is 11.3 Å². The lowest BCUT2D eigenvalue weighted by molar-refractivity contribution is -0.144. The maximum Gasteiger partial charge on any atom is 0.320 e. The molecule has 3 heteroatoms. The SMILES string of the molecule is [2H]CCN1CCCCC1C(=O)O. The fraction of sp³-hybridized carbons (Fsp3) is 0.875. The van der Waals surface area contributed by atoms with E-state index >= 15 is 0 Å². The van der Waals surface area contributed by atoms with Gasteiger partial charge in [-0.15, -0.1) is 0 Å². The molecule has 3 nitrogen and oxygen atoms in total. The minimum atomic E-state index is -0.733. The van der Waals surface area contributed by atoms with Crippen LogP contribution >= 0.6 is 0 Å². The van der Waals surface area contributed by atoms with Crippen molar-refractivity contribution in [3.05, 3.63) is 0 Å². The van der Waals surface area contributed by atoms with E-state index in [2.05, 4.69) is 0 Å². The highest BCUT2D eigenvalue weighted by molar-refractivity contribution is 5.73. The minimum Gasteiger partial charge on any atom is -0.480 e. The summed E-state index contributed by atoms with van der Waals surface area (Å²) in [6.07, 6.45) is 2.82. The summed E-state index contributed by atoms with van der Waals surface area (Å²) in [6, 6.07) is -0.330. The maximum absolute atomic E-state index is 10.7. The van der Waals surface area contributed by atoms with E-state index in [9.17, 15) is 4.79 Å². The Kier molecular flexibility index (Phi) is 2.40. The summed E-state index contributed by atoms with van der Waals surface area (Å²) < 4.78 is 7.04. The number of carbonyl (C=O) groups is 1. The Labute approximate surface area is 68.4 Å². The van der Waals surface area contributed by atoms with Gasteiger partial charge < -0.3 is 5.11 Å². The third-order valence-corrected chi connectivity index (χ3v) is 2.19. The smallest absolute Gasteiger partial charge is 0.320 e. The van der Waals surface area contributed by atoms with Crippen LogP contribution in [-0.4, -0.2) is 35.1 Å². The van der Waals surface area contributed by atoms with Crippen LogP contribution in [0.5, 0.6) is 0 Å². The second kappa shape index (κ2) is 3.72. The van der Waals surface area contributed by atoms with E-state index in [-0.39, 0.29) is 6.04 Å². The molecule has 0 aromatic rings. The molecule has 0 amide bonds. The van der Waals surface area contributed by atoms with Crippen LogP contribution in [0.3, 0.4) is 0 Å². The number of carboxylic acid groups (broad SMARTS) is 1. The molecule has 1 heterocycles. The van der Waals surface area contributed by atoms with Crippen LogP contribution in [-0.2, 0) is 4.79 Å². The second-order valence-corrected chi connectivity index (χ2v) is 2.89. The number of carboxylic acids is 1. The third-order valence-electron chi connectivity index (χ3n) is 2.19. The van der Waals surface area contributed by atoms with E-state index in [0.29, 0.717) is 13.4 Å². The average Bonchev–Trinajstić information content (AvgIpc) is 2.05. The standard InChI is InChI=1S/C8H15NO2/c1-2-9-6-4-3-5-7(9)8(10)11/h7H,2-6H2,1H3,(H,10,11)/i1D. The molecular weight excluding hydrogens is 142 g/mol. The lowest BCUT2D eigenvalue weighted by atomic mass is 10.0. The summed E-state index contributed by atoms with van der Waals surface area (Å²) in [5, 5.41) is 8.83. The van der Waals surface area contributed by atoms with Gasteiger partial charge in [-0.2, -0.15) is 0 Å². The van der Waals surface area contributed by atoms with Crippen molar-refractivity contribution >= 4 is 5.97 Å². The maximum atomic E-state index is 10.7. The van der Waals surface area contributed by atoms with Crippen LogP contribution in [0.2, 0.25) is 0 Å². The van der Waals surface area contributed by atoms with Crippen molar-refractivity contribution in [3.8, 4) is 0 Å². The highest BCUT2D eigenvalue weighted by Crippen LogP contribution is 2.16. The number of hydrogen-bond donors (Lipinski definition) is 1. The van der Waals surface area contributed by atoms with Crippen molar-refractivity contribution in [2.75, 3.05) is 13.1 Å². The van der Waals surface area contributed by atoms with Crippen molar-refractivity contribution in [3.63, 3.8) is 0 Å². The lowest BCUT2D eigenvalue weighted by Gasteiger charge is -2.31. The zero-order valence-corrected chi connectivity index (χ0v) is 6.62. The Morgan fingerprint density at radius 2 is 2.64 bits per heavy atom. The monoisotopic (exact) mass is 158 g/mol. The van der Waals surface area contributed by atoms with Gasteiger partial charge >= 0.3 is 5.97 Å². The summed E-state index contributed by atoms with van der Waals surface area (Å²) in [7, 11) is 0. The molecular formula is C8H15NO2.